The number of nitrogens with one attached hydrogen (secondary N) is 1. The van der Waals surface area contributed by atoms with Crippen molar-refractivity contribution in [3.8, 4) is 0 Å². The third-order valence-electron chi connectivity index (χ3n) is 3.79. The van der Waals surface area contributed by atoms with Crippen LogP contribution in [-0.4, -0.2) is 38.3 Å². The van der Waals surface area contributed by atoms with Gasteiger partial charge in [0.15, 0.2) is 0 Å². The van der Waals surface area contributed by atoms with Gasteiger partial charge in [0.25, 0.3) is 0 Å². The summed E-state index contributed by atoms with van der Waals surface area (Å²) in [5, 5.41) is -0.682. The summed E-state index contributed by atoms with van der Waals surface area (Å²) in [6, 6.07) is 3.71. The maximum absolute atomic E-state index is 12.3. The molecular formula is C14H20N2O4S. The Hall–Kier alpha value is -1.47. The first kappa shape index (κ1) is 15.9. The fraction of sp³-hybridized carbons (Fsp3) is 0.571. The number of carbonyl (C=O) groups excluding carboxylic acids is 1. The van der Waals surface area contributed by atoms with Crippen molar-refractivity contribution in [3.63, 3.8) is 0 Å². The van der Waals surface area contributed by atoms with E-state index in [0.717, 1.165) is 12.0 Å². The number of methoxy groups -OCH3 is 1. The summed E-state index contributed by atoms with van der Waals surface area (Å²) >= 11 is 0. The highest BCUT2D eigenvalue weighted by atomic mass is 32.2. The van der Waals surface area contributed by atoms with Crippen molar-refractivity contribution in [1.29, 1.82) is 0 Å². The summed E-state index contributed by atoms with van der Waals surface area (Å²) < 4.78 is 31.9. The average Bonchev–Trinajstić information content (AvgIpc) is 2.98. The molecule has 1 saturated carbocycles. The van der Waals surface area contributed by atoms with E-state index in [1.165, 1.54) is 7.11 Å². The van der Waals surface area contributed by atoms with Crippen molar-refractivity contribution in [2.24, 2.45) is 5.92 Å². The third kappa shape index (κ3) is 4.01. The monoisotopic (exact) mass is 312 g/mol. The number of carbonyl (C=O) groups is 1. The number of ether oxygens (including phenoxy) is 1. The number of esters is 1. The normalized spacial score (nSPS) is 22.1. The van der Waals surface area contributed by atoms with Crippen LogP contribution in [0, 0.1) is 5.92 Å². The Labute approximate surface area is 125 Å². The number of hydrogen-bond acceptors (Lipinski definition) is 5. The molecule has 0 amide bonds. The Morgan fingerprint density at radius 1 is 1.48 bits per heavy atom. The molecule has 0 spiro atoms. The van der Waals surface area contributed by atoms with E-state index in [4.69, 9.17) is 4.74 Å². The van der Waals surface area contributed by atoms with Crippen LogP contribution in [0.3, 0.4) is 0 Å². The highest BCUT2D eigenvalue weighted by molar-refractivity contribution is 7.90. The topological polar surface area (TPSA) is 85.4 Å². The van der Waals surface area contributed by atoms with Gasteiger partial charge in [-0.1, -0.05) is 12.5 Å². The van der Waals surface area contributed by atoms with Crippen molar-refractivity contribution < 1.29 is 17.9 Å². The molecule has 1 aromatic rings. The molecule has 1 aromatic heterocycles. The van der Waals surface area contributed by atoms with Crippen molar-refractivity contribution >= 4 is 16.0 Å². The van der Waals surface area contributed by atoms with Gasteiger partial charge in [0.1, 0.15) is 0 Å². The minimum Gasteiger partial charge on any atom is -0.469 e. The summed E-state index contributed by atoms with van der Waals surface area (Å²) in [7, 11) is -2.21. The van der Waals surface area contributed by atoms with Gasteiger partial charge >= 0.3 is 5.97 Å². The molecule has 2 rings (SSSR count). The second kappa shape index (κ2) is 7.00. The van der Waals surface area contributed by atoms with E-state index >= 15 is 0 Å². The number of rotatable bonds is 6. The fourth-order valence-electron chi connectivity index (χ4n) is 2.71. The van der Waals surface area contributed by atoms with Crippen LogP contribution in [0.5, 0.6) is 0 Å². The van der Waals surface area contributed by atoms with E-state index < -0.39 is 27.2 Å². The van der Waals surface area contributed by atoms with Gasteiger partial charge in [0.05, 0.1) is 18.3 Å². The second-order valence-corrected chi connectivity index (χ2v) is 7.13. The number of pyridine rings is 1. The van der Waals surface area contributed by atoms with Gasteiger partial charge in [-0.15, -0.1) is 0 Å². The quantitative estimate of drug-likeness (QED) is 0.788. The van der Waals surface area contributed by atoms with Gasteiger partial charge in [-0.05, 0) is 30.9 Å². The average molecular weight is 312 g/mol. The first-order chi connectivity index (χ1) is 10.0. The van der Waals surface area contributed by atoms with E-state index in [-0.39, 0.29) is 0 Å². The van der Waals surface area contributed by atoms with Crippen molar-refractivity contribution in [1.82, 2.24) is 9.71 Å². The van der Waals surface area contributed by atoms with Crippen molar-refractivity contribution in [3.05, 3.63) is 30.1 Å². The number of sulfonamides is 1. The summed E-state index contributed by atoms with van der Waals surface area (Å²) in [4.78, 5) is 15.6. The van der Waals surface area contributed by atoms with Crippen LogP contribution < -0.4 is 4.72 Å². The molecule has 0 radical (unpaired) electrons. The molecule has 0 bridgehead atoms. The zero-order valence-electron chi connectivity index (χ0n) is 12.0. The minimum absolute atomic E-state index is 0.304. The largest absolute Gasteiger partial charge is 0.469 e. The smallest absolute Gasteiger partial charge is 0.310 e. The van der Waals surface area contributed by atoms with Crippen LogP contribution in [0.15, 0.2) is 24.5 Å². The van der Waals surface area contributed by atoms with E-state index in [1.54, 1.807) is 12.4 Å². The lowest BCUT2D eigenvalue weighted by Gasteiger charge is -2.18. The van der Waals surface area contributed by atoms with E-state index in [1.807, 2.05) is 12.1 Å². The number of nitrogens with zero attached hydrogens (tertiary/aromatic N) is 1. The maximum atomic E-state index is 12.3. The highest BCUT2D eigenvalue weighted by Crippen LogP contribution is 2.31. The van der Waals surface area contributed by atoms with E-state index in [2.05, 4.69) is 9.71 Å². The van der Waals surface area contributed by atoms with Crippen LogP contribution in [0.25, 0.3) is 0 Å². The van der Waals surface area contributed by atoms with Crippen molar-refractivity contribution in [2.45, 2.75) is 30.9 Å². The summed E-state index contributed by atoms with van der Waals surface area (Å²) in [5.41, 5.74) is 0.969. The predicted molar refractivity (Wildman–Crippen MR) is 78.0 cm³/mol. The molecule has 0 aliphatic heterocycles. The Kier molecular flexibility index (Phi) is 5.30. The van der Waals surface area contributed by atoms with Crippen LogP contribution in [-0.2, 0) is 26.0 Å². The first-order valence-electron chi connectivity index (χ1n) is 7.00. The van der Waals surface area contributed by atoms with Gasteiger partial charge in [-0.25, -0.2) is 13.1 Å². The summed E-state index contributed by atoms with van der Waals surface area (Å²) in [6.07, 6.45) is 5.76. The van der Waals surface area contributed by atoms with Gasteiger partial charge in [-0.3, -0.25) is 9.78 Å². The lowest BCUT2D eigenvalue weighted by Crippen LogP contribution is -2.40. The first-order valence-corrected chi connectivity index (χ1v) is 8.54. The molecule has 1 N–H and O–H groups in total. The maximum Gasteiger partial charge on any atom is 0.310 e. The zero-order chi connectivity index (χ0) is 15.3. The summed E-state index contributed by atoms with van der Waals surface area (Å²) in [6.45, 7) is 0.304. The predicted octanol–water partition coefficient (Wildman–Crippen LogP) is 0.885. The van der Waals surface area contributed by atoms with Crippen LogP contribution in [0.4, 0.5) is 0 Å². The van der Waals surface area contributed by atoms with E-state index in [0.29, 0.717) is 25.8 Å². The Morgan fingerprint density at radius 2 is 2.29 bits per heavy atom. The molecule has 21 heavy (non-hydrogen) atoms. The zero-order valence-corrected chi connectivity index (χ0v) is 12.8. The van der Waals surface area contributed by atoms with Crippen LogP contribution >= 0.6 is 0 Å². The molecule has 1 aliphatic rings. The number of aromatic nitrogens is 1. The second-order valence-electron chi connectivity index (χ2n) is 5.15. The molecule has 0 saturated heterocycles. The SMILES string of the molecule is COC(=O)C1CCCC1S(=O)(=O)NCCc1cccnc1. The van der Waals surface area contributed by atoms with Gasteiger partial charge in [-0.2, -0.15) is 0 Å². The fourth-order valence-corrected chi connectivity index (χ4v) is 4.47. The lowest BCUT2D eigenvalue weighted by molar-refractivity contribution is -0.145. The molecule has 1 heterocycles. The molecule has 2 atom stereocenters. The molecule has 0 aromatic carbocycles. The molecule has 1 aliphatic carbocycles. The van der Waals surface area contributed by atoms with Crippen molar-refractivity contribution in [2.75, 3.05) is 13.7 Å². The van der Waals surface area contributed by atoms with Crippen LogP contribution in [0.1, 0.15) is 24.8 Å². The van der Waals surface area contributed by atoms with Crippen LogP contribution in [0.2, 0.25) is 0 Å². The Bertz CT molecular complexity index is 574. The van der Waals surface area contributed by atoms with Gasteiger partial charge in [0.2, 0.25) is 10.0 Å². The molecule has 7 heteroatoms. The minimum atomic E-state index is -3.51. The molecule has 2 unspecified atom stereocenters. The molecule has 116 valence electrons. The molecule has 6 nitrogen and oxygen atoms in total. The highest BCUT2D eigenvalue weighted by Gasteiger charge is 2.41. The van der Waals surface area contributed by atoms with E-state index in [9.17, 15) is 13.2 Å². The van der Waals surface area contributed by atoms with Gasteiger partial charge in [0, 0.05) is 18.9 Å². The molecule has 1 fully saturated rings. The lowest BCUT2D eigenvalue weighted by atomic mass is 10.1. The summed E-state index contributed by atoms with van der Waals surface area (Å²) in [5.74, 6) is -0.985. The number of hydrogen-bond donors (Lipinski definition) is 1. The Morgan fingerprint density at radius 3 is 2.95 bits per heavy atom. The Balaban J connectivity index is 1.93. The van der Waals surface area contributed by atoms with Gasteiger partial charge < -0.3 is 4.74 Å². The standard InChI is InChI=1S/C14H20N2O4S/c1-20-14(17)12-5-2-6-13(12)21(18,19)16-9-7-11-4-3-8-15-10-11/h3-4,8,10,12-13,16H,2,5-7,9H2,1H3. The third-order valence-corrected chi connectivity index (χ3v) is 5.76. The molecular weight excluding hydrogens is 292 g/mol.